The molecule has 0 radical (unpaired) electrons. The van der Waals surface area contributed by atoms with Crippen molar-refractivity contribution >= 4 is 51.0 Å². The second-order valence-electron chi connectivity index (χ2n) is 7.11. The number of nitrogen functional groups attached to an aromatic ring is 2. The second kappa shape index (κ2) is 10.0. The van der Waals surface area contributed by atoms with Crippen molar-refractivity contribution < 1.29 is 13.2 Å². The lowest BCUT2D eigenvalue weighted by Gasteiger charge is -2.14. The Labute approximate surface area is 195 Å². The Morgan fingerprint density at radius 1 is 1.00 bits per heavy atom. The molecule has 1 atom stereocenters. The van der Waals surface area contributed by atoms with Crippen LogP contribution in [-0.2, 0) is 14.8 Å². The molecule has 0 aliphatic carbocycles. The van der Waals surface area contributed by atoms with Gasteiger partial charge >= 0.3 is 0 Å². The van der Waals surface area contributed by atoms with Crippen molar-refractivity contribution in [2.45, 2.75) is 42.5 Å². The molecule has 13 heteroatoms. The molecule has 6 N–H and O–H groups in total. The van der Waals surface area contributed by atoms with Gasteiger partial charge in [-0.25, -0.2) is 33.1 Å². The molecule has 11 nitrogen and oxygen atoms in total. The highest BCUT2D eigenvalue weighted by Gasteiger charge is 2.21. The minimum Gasteiger partial charge on any atom is -0.383 e. The third-order valence-electron chi connectivity index (χ3n) is 4.30. The second-order valence-corrected chi connectivity index (χ2v) is 9.96. The summed E-state index contributed by atoms with van der Waals surface area (Å²) < 4.78 is 27.7. The van der Waals surface area contributed by atoms with Crippen molar-refractivity contribution in [3.05, 3.63) is 47.8 Å². The van der Waals surface area contributed by atoms with Crippen molar-refractivity contribution in [1.82, 2.24) is 19.9 Å². The van der Waals surface area contributed by atoms with Crippen molar-refractivity contribution in [3.8, 4) is 0 Å². The summed E-state index contributed by atoms with van der Waals surface area (Å²) in [5.41, 5.74) is 13.1. The van der Waals surface area contributed by atoms with Gasteiger partial charge in [0, 0.05) is 23.1 Å². The third-order valence-corrected chi connectivity index (χ3v) is 6.87. The van der Waals surface area contributed by atoms with Crippen LogP contribution >= 0.6 is 11.8 Å². The number of anilines is 4. The third kappa shape index (κ3) is 6.52. The summed E-state index contributed by atoms with van der Waals surface area (Å²) in [5.74, 6) is 0.148. The molecule has 1 amide bonds. The van der Waals surface area contributed by atoms with Gasteiger partial charge in [0.05, 0.1) is 10.1 Å². The summed E-state index contributed by atoms with van der Waals surface area (Å²) in [6, 6.07) is 8.95. The number of hydrogen-bond acceptors (Lipinski definition) is 10. The standard InChI is InChI=1S/C20H24N8O3S2/c1-4-15(32-20-26-16(21)10-17(22)27-20)18(29)25-13-5-7-14(8-6-13)33(30,31)28-19-23-11(2)9-12(3)24-19/h5-10,15H,4H2,1-3H3,(H,25,29)(H,23,24,28)(H4,21,22,26,27). The van der Waals surface area contributed by atoms with Crippen LogP contribution in [-0.4, -0.2) is 39.5 Å². The maximum absolute atomic E-state index is 12.7. The van der Waals surface area contributed by atoms with Crippen LogP contribution in [0.3, 0.4) is 0 Å². The zero-order chi connectivity index (χ0) is 24.2. The summed E-state index contributed by atoms with van der Waals surface area (Å²) >= 11 is 1.14. The number of nitrogens with two attached hydrogens (primary N) is 2. The Bertz CT molecular complexity index is 1230. The number of thioether (sulfide) groups is 1. The lowest BCUT2D eigenvalue weighted by Crippen LogP contribution is -2.25. The van der Waals surface area contributed by atoms with E-state index in [4.69, 9.17) is 11.5 Å². The minimum atomic E-state index is -3.89. The maximum Gasteiger partial charge on any atom is 0.264 e. The number of carbonyl (C=O) groups excluding carboxylic acids is 1. The van der Waals surface area contributed by atoms with E-state index in [9.17, 15) is 13.2 Å². The highest BCUT2D eigenvalue weighted by atomic mass is 32.2. The van der Waals surface area contributed by atoms with Crippen LogP contribution in [0.2, 0.25) is 0 Å². The molecule has 0 spiro atoms. The molecule has 2 aromatic heterocycles. The fraction of sp³-hybridized carbons (Fsp3) is 0.250. The van der Waals surface area contributed by atoms with E-state index in [0.29, 0.717) is 28.7 Å². The van der Waals surface area contributed by atoms with Gasteiger partial charge in [0.2, 0.25) is 11.9 Å². The minimum absolute atomic E-state index is 0.00269. The SMILES string of the molecule is CCC(Sc1nc(N)cc(N)n1)C(=O)Nc1ccc(S(=O)(=O)Nc2nc(C)cc(C)n2)cc1. The predicted molar refractivity (Wildman–Crippen MR) is 128 cm³/mol. The van der Waals surface area contributed by atoms with E-state index in [-0.39, 0.29) is 28.4 Å². The summed E-state index contributed by atoms with van der Waals surface area (Å²) in [5, 5.41) is 2.57. The smallest absolute Gasteiger partial charge is 0.264 e. The van der Waals surface area contributed by atoms with E-state index in [2.05, 4.69) is 30.0 Å². The van der Waals surface area contributed by atoms with Crippen molar-refractivity contribution in [2.75, 3.05) is 21.5 Å². The molecule has 33 heavy (non-hydrogen) atoms. The largest absolute Gasteiger partial charge is 0.383 e. The quantitative estimate of drug-likeness (QED) is 0.271. The summed E-state index contributed by atoms with van der Waals surface area (Å²) in [6.07, 6.45) is 0.501. The first-order chi connectivity index (χ1) is 15.6. The highest BCUT2D eigenvalue weighted by Crippen LogP contribution is 2.25. The zero-order valence-corrected chi connectivity index (χ0v) is 19.9. The summed E-state index contributed by atoms with van der Waals surface area (Å²) in [7, 11) is -3.89. The topological polar surface area (TPSA) is 179 Å². The monoisotopic (exact) mass is 488 g/mol. The number of nitrogens with one attached hydrogen (secondary N) is 2. The number of nitrogens with zero attached hydrogens (tertiary/aromatic N) is 4. The lowest BCUT2D eigenvalue weighted by atomic mass is 10.3. The molecular weight excluding hydrogens is 464 g/mol. The summed E-state index contributed by atoms with van der Waals surface area (Å²) in [6.45, 7) is 5.35. The molecule has 0 saturated heterocycles. The molecule has 1 aromatic carbocycles. The first kappa shape index (κ1) is 24.2. The van der Waals surface area contributed by atoms with Crippen molar-refractivity contribution in [3.63, 3.8) is 0 Å². The number of benzene rings is 1. The predicted octanol–water partition coefficient (Wildman–Crippen LogP) is 2.36. The number of sulfonamides is 1. The molecule has 1 unspecified atom stereocenters. The van der Waals surface area contributed by atoms with Crippen LogP contribution in [0.1, 0.15) is 24.7 Å². The Morgan fingerprint density at radius 3 is 2.12 bits per heavy atom. The number of aromatic nitrogens is 4. The Morgan fingerprint density at radius 2 is 1.58 bits per heavy atom. The Hall–Kier alpha value is -3.45. The van der Waals surface area contributed by atoms with E-state index >= 15 is 0 Å². The fourth-order valence-electron chi connectivity index (χ4n) is 2.86. The average molecular weight is 489 g/mol. The van der Waals surface area contributed by atoms with Gasteiger partial charge in [-0.05, 0) is 50.6 Å². The molecule has 0 bridgehead atoms. The number of aryl methyl sites for hydroxylation is 2. The number of hydrogen-bond donors (Lipinski definition) is 4. The first-order valence-electron chi connectivity index (χ1n) is 9.88. The molecular formula is C20H24N8O3S2. The Balaban J connectivity index is 1.69. The first-order valence-corrected chi connectivity index (χ1v) is 12.2. The van der Waals surface area contributed by atoms with E-state index < -0.39 is 15.3 Å². The molecule has 2 heterocycles. The fourth-order valence-corrected chi connectivity index (χ4v) is 4.70. The van der Waals surface area contributed by atoms with Gasteiger partial charge in [-0.1, -0.05) is 18.7 Å². The molecule has 0 aliphatic heterocycles. The number of carbonyl (C=O) groups is 1. The summed E-state index contributed by atoms with van der Waals surface area (Å²) in [4.78, 5) is 29.1. The van der Waals surface area contributed by atoms with Crippen molar-refractivity contribution in [1.29, 1.82) is 0 Å². The van der Waals surface area contributed by atoms with Gasteiger partial charge in [-0.3, -0.25) is 4.79 Å². The highest BCUT2D eigenvalue weighted by molar-refractivity contribution is 8.00. The molecule has 174 valence electrons. The van der Waals surface area contributed by atoms with Gasteiger partial charge in [-0.2, -0.15) is 0 Å². The van der Waals surface area contributed by atoms with E-state index in [1.54, 1.807) is 19.9 Å². The van der Waals surface area contributed by atoms with Gasteiger partial charge in [-0.15, -0.1) is 0 Å². The maximum atomic E-state index is 12.7. The van der Waals surface area contributed by atoms with Crippen LogP contribution in [0.4, 0.5) is 23.3 Å². The molecule has 3 aromatic rings. The van der Waals surface area contributed by atoms with Crippen LogP contribution in [0, 0.1) is 13.8 Å². The number of amides is 1. The normalized spacial score (nSPS) is 12.2. The zero-order valence-electron chi connectivity index (χ0n) is 18.2. The van der Waals surface area contributed by atoms with Crippen LogP contribution in [0.25, 0.3) is 0 Å². The van der Waals surface area contributed by atoms with Gasteiger partial charge < -0.3 is 16.8 Å². The van der Waals surface area contributed by atoms with Gasteiger partial charge in [0.25, 0.3) is 10.0 Å². The van der Waals surface area contributed by atoms with Gasteiger partial charge in [0.1, 0.15) is 11.6 Å². The molecule has 3 rings (SSSR count). The molecule has 0 aliphatic rings. The molecule has 0 fully saturated rings. The average Bonchev–Trinajstić information content (AvgIpc) is 2.70. The van der Waals surface area contributed by atoms with Crippen molar-refractivity contribution in [2.24, 2.45) is 0 Å². The number of rotatable bonds is 8. The lowest BCUT2D eigenvalue weighted by molar-refractivity contribution is -0.115. The van der Waals surface area contributed by atoms with Gasteiger partial charge in [0.15, 0.2) is 5.16 Å². The van der Waals surface area contributed by atoms with E-state index in [0.717, 1.165) is 11.8 Å². The molecule has 0 saturated carbocycles. The van der Waals surface area contributed by atoms with E-state index in [1.807, 2.05) is 6.92 Å². The Kier molecular flexibility index (Phi) is 7.33. The van der Waals surface area contributed by atoms with Crippen LogP contribution < -0.4 is 21.5 Å². The van der Waals surface area contributed by atoms with Crippen LogP contribution in [0.15, 0.2) is 46.5 Å². The van der Waals surface area contributed by atoms with Crippen LogP contribution in [0.5, 0.6) is 0 Å². The van der Waals surface area contributed by atoms with E-state index in [1.165, 1.54) is 30.3 Å².